The molecule has 1 aliphatic carbocycles. The van der Waals surface area contributed by atoms with Crippen LogP contribution in [0, 0.1) is 6.92 Å². The molecule has 2 aliphatic heterocycles. The molecule has 3 fully saturated rings. The van der Waals surface area contributed by atoms with Gasteiger partial charge in [-0.15, -0.1) is 0 Å². The highest BCUT2D eigenvalue weighted by Gasteiger charge is 2.42. The van der Waals surface area contributed by atoms with Gasteiger partial charge in [-0.05, 0) is 69.6 Å². The van der Waals surface area contributed by atoms with Crippen LogP contribution in [-0.2, 0) is 4.79 Å². The van der Waals surface area contributed by atoms with Crippen molar-refractivity contribution in [2.24, 2.45) is 5.73 Å². The van der Waals surface area contributed by atoms with E-state index in [1.165, 1.54) is 36.8 Å². The van der Waals surface area contributed by atoms with E-state index >= 15 is 0 Å². The maximum atomic E-state index is 13.2. The molecule has 6 heteroatoms. The summed E-state index contributed by atoms with van der Waals surface area (Å²) in [6.07, 6.45) is 9.46. The lowest BCUT2D eigenvalue weighted by molar-refractivity contribution is -0.127. The first-order chi connectivity index (χ1) is 17.5. The van der Waals surface area contributed by atoms with Crippen molar-refractivity contribution < 1.29 is 4.79 Å². The molecule has 3 aliphatic rings. The van der Waals surface area contributed by atoms with Crippen LogP contribution in [0.4, 0.5) is 0 Å². The molecule has 1 amide bonds. The normalized spacial score (nSPS) is 26.3. The van der Waals surface area contributed by atoms with Crippen LogP contribution in [0.2, 0.25) is 0 Å². The predicted molar refractivity (Wildman–Crippen MR) is 144 cm³/mol. The zero-order chi connectivity index (χ0) is 24.7. The number of hydrogen-bond donors (Lipinski definition) is 2. The molecular weight excluding hydrogens is 446 g/mol. The number of hydrogen-bond acceptors (Lipinski definition) is 4. The second-order valence-electron chi connectivity index (χ2n) is 11.4. The minimum Gasteiger partial charge on any atom is -0.348 e. The van der Waals surface area contributed by atoms with Crippen LogP contribution in [0.5, 0.6) is 0 Å². The Morgan fingerprint density at radius 3 is 2.42 bits per heavy atom. The SMILES string of the molecule is Cc1nc2ccccc2n1[C@@H]1C[C@H]2CC[C@@H](C1)N2CC[C@H](NC(=O)C1(N)CCCC1)c1ccccc1. The number of para-hydroxylation sites is 2. The number of nitrogens with two attached hydrogens (primary N) is 1. The van der Waals surface area contributed by atoms with E-state index in [1.54, 1.807) is 0 Å². The summed E-state index contributed by atoms with van der Waals surface area (Å²) in [6, 6.07) is 20.7. The quantitative estimate of drug-likeness (QED) is 0.492. The van der Waals surface area contributed by atoms with Crippen LogP contribution in [0.15, 0.2) is 54.6 Å². The van der Waals surface area contributed by atoms with Gasteiger partial charge in [0.25, 0.3) is 0 Å². The molecule has 1 aromatic heterocycles. The number of carbonyl (C=O) groups excluding carboxylic acids is 1. The molecule has 6 nitrogen and oxygen atoms in total. The molecular formula is C30H39N5O. The first kappa shape index (κ1) is 23.7. The fraction of sp³-hybridized carbons (Fsp3) is 0.533. The van der Waals surface area contributed by atoms with Gasteiger partial charge < -0.3 is 15.6 Å². The van der Waals surface area contributed by atoms with Crippen LogP contribution in [0.1, 0.15) is 81.3 Å². The smallest absolute Gasteiger partial charge is 0.240 e. The first-order valence-electron chi connectivity index (χ1n) is 13.9. The molecule has 6 rings (SSSR count). The third kappa shape index (κ3) is 4.35. The summed E-state index contributed by atoms with van der Waals surface area (Å²) < 4.78 is 2.49. The number of nitrogens with zero attached hydrogens (tertiary/aromatic N) is 3. The molecule has 36 heavy (non-hydrogen) atoms. The summed E-state index contributed by atoms with van der Waals surface area (Å²) in [6.45, 7) is 3.15. The number of amides is 1. The van der Waals surface area contributed by atoms with E-state index in [2.05, 4.69) is 70.2 Å². The maximum Gasteiger partial charge on any atom is 0.240 e. The van der Waals surface area contributed by atoms with E-state index in [0.29, 0.717) is 18.1 Å². The van der Waals surface area contributed by atoms with E-state index in [0.717, 1.165) is 50.0 Å². The largest absolute Gasteiger partial charge is 0.348 e. The molecule has 2 saturated heterocycles. The van der Waals surface area contributed by atoms with Gasteiger partial charge in [-0.25, -0.2) is 4.98 Å². The third-order valence-electron chi connectivity index (χ3n) is 9.13. The van der Waals surface area contributed by atoms with Crippen molar-refractivity contribution in [2.45, 2.75) is 94.4 Å². The lowest BCUT2D eigenvalue weighted by atomic mass is 9.94. The predicted octanol–water partition coefficient (Wildman–Crippen LogP) is 5.03. The first-order valence-corrected chi connectivity index (χ1v) is 13.9. The molecule has 0 unspecified atom stereocenters. The van der Waals surface area contributed by atoms with Gasteiger partial charge in [-0.3, -0.25) is 9.69 Å². The monoisotopic (exact) mass is 485 g/mol. The van der Waals surface area contributed by atoms with Gasteiger partial charge in [0.1, 0.15) is 5.82 Å². The molecule has 3 N–H and O–H groups in total. The van der Waals surface area contributed by atoms with Gasteiger partial charge in [-0.1, -0.05) is 55.3 Å². The zero-order valence-electron chi connectivity index (χ0n) is 21.4. The van der Waals surface area contributed by atoms with Crippen molar-refractivity contribution in [1.29, 1.82) is 0 Å². The minimum absolute atomic E-state index is 0.00307. The summed E-state index contributed by atoms with van der Waals surface area (Å²) in [4.78, 5) is 20.8. The molecule has 190 valence electrons. The van der Waals surface area contributed by atoms with Crippen molar-refractivity contribution in [1.82, 2.24) is 19.8 Å². The molecule has 0 spiro atoms. The van der Waals surface area contributed by atoms with Crippen LogP contribution >= 0.6 is 0 Å². The highest BCUT2D eigenvalue weighted by atomic mass is 16.2. The average molecular weight is 486 g/mol. The number of aryl methyl sites for hydroxylation is 1. The fourth-order valence-corrected chi connectivity index (χ4v) is 7.27. The summed E-state index contributed by atoms with van der Waals surface area (Å²) in [5, 5.41) is 3.36. The number of benzene rings is 2. The molecule has 1 saturated carbocycles. The second-order valence-corrected chi connectivity index (χ2v) is 11.4. The lowest BCUT2D eigenvalue weighted by Crippen LogP contribution is -2.53. The van der Waals surface area contributed by atoms with E-state index in [1.807, 2.05) is 6.07 Å². The number of aromatic nitrogens is 2. The number of carbonyl (C=O) groups is 1. The van der Waals surface area contributed by atoms with Crippen molar-refractivity contribution in [3.63, 3.8) is 0 Å². The van der Waals surface area contributed by atoms with Crippen LogP contribution in [0.25, 0.3) is 11.0 Å². The van der Waals surface area contributed by atoms with E-state index in [9.17, 15) is 4.79 Å². The Balaban J connectivity index is 1.16. The van der Waals surface area contributed by atoms with Gasteiger partial charge in [0.05, 0.1) is 22.6 Å². The molecule has 3 aromatic rings. The Bertz CT molecular complexity index is 1200. The maximum absolute atomic E-state index is 13.2. The number of fused-ring (bicyclic) bond motifs is 3. The number of nitrogens with one attached hydrogen (secondary N) is 1. The Hall–Kier alpha value is -2.70. The summed E-state index contributed by atoms with van der Waals surface area (Å²) in [5.74, 6) is 1.15. The van der Waals surface area contributed by atoms with Gasteiger partial charge >= 0.3 is 0 Å². The Kier molecular flexibility index (Phi) is 6.34. The molecule has 4 atom stereocenters. The third-order valence-corrected chi connectivity index (χ3v) is 9.13. The number of rotatable bonds is 7. The van der Waals surface area contributed by atoms with Crippen molar-refractivity contribution in [3.8, 4) is 0 Å². The lowest BCUT2D eigenvalue weighted by Gasteiger charge is -2.40. The Labute approximate surface area is 214 Å². The number of imidazole rings is 1. The van der Waals surface area contributed by atoms with Crippen molar-refractivity contribution >= 4 is 16.9 Å². The van der Waals surface area contributed by atoms with Gasteiger partial charge in [0.15, 0.2) is 0 Å². The fourth-order valence-electron chi connectivity index (χ4n) is 7.27. The van der Waals surface area contributed by atoms with E-state index in [-0.39, 0.29) is 11.9 Å². The van der Waals surface area contributed by atoms with Crippen LogP contribution in [-0.4, -0.2) is 44.5 Å². The van der Waals surface area contributed by atoms with E-state index in [4.69, 9.17) is 10.7 Å². The second kappa shape index (κ2) is 9.64. The summed E-state index contributed by atoms with van der Waals surface area (Å²) in [7, 11) is 0. The van der Waals surface area contributed by atoms with Gasteiger partial charge in [0.2, 0.25) is 5.91 Å². The molecule has 3 heterocycles. The summed E-state index contributed by atoms with van der Waals surface area (Å²) >= 11 is 0. The van der Waals surface area contributed by atoms with Gasteiger partial charge in [0, 0.05) is 24.7 Å². The molecule has 2 bridgehead atoms. The van der Waals surface area contributed by atoms with Crippen LogP contribution in [0.3, 0.4) is 0 Å². The van der Waals surface area contributed by atoms with Gasteiger partial charge in [-0.2, -0.15) is 0 Å². The highest BCUT2D eigenvalue weighted by molar-refractivity contribution is 5.86. The van der Waals surface area contributed by atoms with Crippen molar-refractivity contribution in [2.75, 3.05) is 6.54 Å². The topological polar surface area (TPSA) is 76.2 Å². The molecule has 0 radical (unpaired) electrons. The van der Waals surface area contributed by atoms with E-state index < -0.39 is 5.54 Å². The average Bonchev–Trinajstić information content (AvgIpc) is 3.55. The van der Waals surface area contributed by atoms with Crippen LogP contribution < -0.4 is 11.1 Å². The molecule has 2 aromatic carbocycles. The summed E-state index contributed by atoms with van der Waals surface area (Å²) in [5.41, 5.74) is 9.35. The Morgan fingerprint density at radius 1 is 1.03 bits per heavy atom. The minimum atomic E-state index is -0.699. The highest BCUT2D eigenvalue weighted by Crippen LogP contribution is 2.42. The standard InChI is InChI=1S/C30H39N5O/c1-21-32-27-11-5-6-12-28(27)35(21)25-19-23-13-14-24(20-25)34(23)18-15-26(22-9-3-2-4-10-22)33-29(36)30(31)16-7-8-17-30/h2-6,9-12,23-26H,7-8,13-20,31H2,1H3,(H,33,36)/t23-,24+,25-,26-/m0/s1. The van der Waals surface area contributed by atoms with Crippen molar-refractivity contribution in [3.05, 3.63) is 66.0 Å². The Morgan fingerprint density at radius 2 is 1.69 bits per heavy atom. The number of piperidine rings is 1. The zero-order valence-corrected chi connectivity index (χ0v) is 21.4.